The first kappa shape index (κ1) is 16.9. The molecule has 122 valence electrons. The fraction of sp³-hybridized carbons (Fsp3) is 0.412. The van der Waals surface area contributed by atoms with Gasteiger partial charge in [-0.2, -0.15) is 5.10 Å². The van der Waals surface area contributed by atoms with E-state index in [0.29, 0.717) is 17.0 Å². The lowest BCUT2D eigenvalue weighted by Crippen LogP contribution is -2.16. The number of carbonyl (C=O) groups is 1. The van der Waals surface area contributed by atoms with Gasteiger partial charge in [0.15, 0.2) is 5.78 Å². The minimum absolute atomic E-state index is 0.00505. The number of hydrogen-bond acceptors (Lipinski definition) is 4. The van der Waals surface area contributed by atoms with Gasteiger partial charge in [0.05, 0.1) is 4.92 Å². The number of carbonyl (C=O) groups excluding carboxylic acids is 1. The Kier molecular flexibility index (Phi) is 4.36. The van der Waals surface area contributed by atoms with Crippen LogP contribution in [0.25, 0.3) is 0 Å². The SMILES string of the molecule is Cc1cc(C)c(C)c(C(=O)Cn2nc(C)c([N+](=O)[O-])c2C)c1C. The Hall–Kier alpha value is -2.50. The van der Waals surface area contributed by atoms with Crippen LogP contribution in [0.5, 0.6) is 0 Å². The predicted molar refractivity (Wildman–Crippen MR) is 88.1 cm³/mol. The lowest BCUT2D eigenvalue weighted by molar-refractivity contribution is -0.386. The molecular weight excluding hydrogens is 294 g/mol. The molecule has 0 saturated heterocycles. The Bertz CT molecular complexity index is 793. The molecule has 0 bridgehead atoms. The normalized spacial score (nSPS) is 10.9. The van der Waals surface area contributed by atoms with Crippen LogP contribution < -0.4 is 0 Å². The van der Waals surface area contributed by atoms with Crippen LogP contribution in [0.15, 0.2) is 6.07 Å². The molecule has 0 radical (unpaired) electrons. The molecule has 1 aromatic heterocycles. The summed E-state index contributed by atoms with van der Waals surface area (Å²) in [7, 11) is 0. The Balaban J connectivity index is 2.46. The number of Topliss-reactive ketones (excluding diaryl/α,β-unsaturated/α-hetero) is 1. The maximum atomic E-state index is 12.8. The zero-order chi connectivity index (χ0) is 17.5. The highest BCUT2D eigenvalue weighted by atomic mass is 16.6. The first-order valence-corrected chi connectivity index (χ1v) is 7.44. The second kappa shape index (κ2) is 5.95. The quantitative estimate of drug-likeness (QED) is 0.491. The Morgan fingerprint density at radius 1 is 1.13 bits per heavy atom. The molecule has 0 spiro atoms. The van der Waals surface area contributed by atoms with Gasteiger partial charge in [0.25, 0.3) is 0 Å². The molecule has 0 saturated carbocycles. The van der Waals surface area contributed by atoms with Crippen LogP contribution in [0.4, 0.5) is 5.69 Å². The second-order valence-corrected chi connectivity index (χ2v) is 5.99. The number of benzene rings is 1. The molecule has 0 amide bonds. The van der Waals surface area contributed by atoms with Crippen molar-refractivity contribution in [2.75, 3.05) is 0 Å². The van der Waals surface area contributed by atoms with Crippen LogP contribution in [-0.4, -0.2) is 20.5 Å². The van der Waals surface area contributed by atoms with E-state index >= 15 is 0 Å². The number of aromatic nitrogens is 2. The van der Waals surface area contributed by atoms with E-state index in [9.17, 15) is 14.9 Å². The van der Waals surface area contributed by atoms with Crippen molar-refractivity contribution in [1.29, 1.82) is 0 Å². The smallest absolute Gasteiger partial charge is 0.292 e. The van der Waals surface area contributed by atoms with Gasteiger partial charge in [0.2, 0.25) is 0 Å². The maximum absolute atomic E-state index is 12.8. The zero-order valence-corrected chi connectivity index (χ0v) is 14.4. The number of ketones is 1. The molecule has 6 nitrogen and oxygen atoms in total. The molecule has 0 aliphatic rings. The van der Waals surface area contributed by atoms with Crippen molar-refractivity contribution < 1.29 is 9.72 Å². The molecule has 6 heteroatoms. The summed E-state index contributed by atoms with van der Waals surface area (Å²) in [4.78, 5) is 23.4. The monoisotopic (exact) mass is 315 g/mol. The average molecular weight is 315 g/mol. The topological polar surface area (TPSA) is 78.0 Å². The van der Waals surface area contributed by atoms with Gasteiger partial charge in [0.1, 0.15) is 17.9 Å². The lowest BCUT2D eigenvalue weighted by Gasteiger charge is -2.14. The van der Waals surface area contributed by atoms with Gasteiger partial charge in [-0.05, 0) is 63.8 Å². The van der Waals surface area contributed by atoms with Crippen molar-refractivity contribution in [2.24, 2.45) is 0 Å². The second-order valence-electron chi connectivity index (χ2n) is 5.99. The summed E-state index contributed by atoms with van der Waals surface area (Å²) in [6.45, 7) is 11.0. The molecule has 0 atom stereocenters. The van der Waals surface area contributed by atoms with Crippen molar-refractivity contribution in [3.05, 3.63) is 55.4 Å². The lowest BCUT2D eigenvalue weighted by atomic mass is 9.91. The van der Waals surface area contributed by atoms with Crippen molar-refractivity contribution in [3.63, 3.8) is 0 Å². The van der Waals surface area contributed by atoms with Gasteiger partial charge in [-0.15, -0.1) is 0 Å². The van der Waals surface area contributed by atoms with Crippen molar-refractivity contribution >= 4 is 11.5 Å². The van der Waals surface area contributed by atoms with Gasteiger partial charge in [0, 0.05) is 5.56 Å². The summed E-state index contributed by atoms with van der Waals surface area (Å²) in [5.41, 5.74) is 5.44. The predicted octanol–water partition coefficient (Wildman–Crippen LogP) is 3.52. The van der Waals surface area contributed by atoms with Gasteiger partial charge in [-0.3, -0.25) is 19.6 Å². The van der Waals surface area contributed by atoms with E-state index in [1.807, 2.05) is 27.7 Å². The van der Waals surface area contributed by atoms with E-state index in [2.05, 4.69) is 11.2 Å². The Labute approximate surface area is 135 Å². The minimum atomic E-state index is -0.452. The summed E-state index contributed by atoms with van der Waals surface area (Å²) in [6, 6.07) is 2.07. The fourth-order valence-corrected chi connectivity index (χ4v) is 2.96. The summed E-state index contributed by atoms with van der Waals surface area (Å²) >= 11 is 0. The summed E-state index contributed by atoms with van der Waals surface area (Å²) in [6.07, 6.45) is 0. The van der Waals surface area contributed by atoms with Crippen molar-refractivity contribution in [1.82, 2.24) is 9.78 Å². The van der Waals surface area contributed by atoms with E-state index in [-0.39, 0.29) is 18.0 Å². The van der Waals surface area contributed by atoms with Gasteiger partial charge < -0.3 is 0 Å². The first-order chi connectivity index (χ1) is 10.6. The third-order valence-electron chi connectivity index (χ3n) is 4.46. The van der Waals surface area contributed by atoms with E-state index in [1.165, 1.54) is 4.68 Å². The highest BCUT2D eigenvalue weighted by Gasteiger charge is 2.24. The minimum Gasteiger partial charge on any atom is -0.292 e. The molecule has 0 N–H and O–H groups in total. The number of aryl methyl sites for hydroxylation is 3. The number of nitro groups is 1. The van der Waals surface area contributed by atoms with E-state index in [0.717, 1.165) is 22.3 Å². The van der Waals surface area contributed by atoms with Crippen LogP contribution in [0.1, 0.15) is 44.0 Å². The Morgan fingerprint density at radius 2 is 1.65 bits per heavy atom. The highest BCUT2D eigenvalue weighted by molar-refractivity contribution is 5.99. The largest absolute Gasteiger partial charge is 0.312 e. The third kappa shape index (κ3) is 2.88. The number of nitrogens with zero attached hydrogens (tertiary/aromatic N) is 3. The molecule has 1 heterocycles. The van der Waals surface area contributed by atoms with E-state index in [4.69, 9.17) is 0 Å². The van der Waals surface area contributed by atoms with Crippen LogP contribution in [-0.2, 0) is 6.54 Å². The number of hydrogen-bond donors (Lipinski definition) is 0. The number of rotatable bonds is 4. The van der Waals surface area contributed by atoms with Crippen molar-refractivity contribution in [2.45, 2.75) is 48.1 Å². The van der Waals surface area contributed by atoms with Gasteiger partial charge in [-0.1, -0.05) is 6.07 Å². The van der Waals surface area contributed by atoms with E-state index in [1.54, 1.807) is 13.8 Å². The summed E-state index contributed by atoms with van der Waals surface area (Å²) < 4.78 is 1.42. The van der Waals surface area contributed by atoms with Crippen LogP contribution >= 0.6 is 0 Å². The first-order valence-electron chi connectivity index (χ1n) is 7.44. The summed E-state index contributed by atoms with van der Waals surface area (Å²) in [5.74, 6) is -0.0766. The molecule has 0 aliphatic carbocycles. The molecule has 2 rings (SSSR count). The Morgan fingerprint density at radius 3 is 2.09 bits per heavy atom. The van der Waals surface area contributed by atoms with Gasteiger partial charge >= 0.3 is 5.69 Å². The average Bonchev–Trinajstić information content (AvgIpc) is 2.71. The maximum Gasteiger partial charge on any atom is 0.312 e. The molecule has 0 fully saturated rings. The zero-order valence-electron chi connectivity index (χ0n) is 14.4. The molecule has 2 aromatic rings. The molecule has 1 aromatic carbocycles. The molecule has 0 aliphatic heterocycles. The molecule has 23 heavy (non-hydrogen) atoms. The fourth-order valence-electron chi connectivity index (χ4n) is 2.96. The van der Waals surface area contributed by atoms with Crippen LogP contribution in [0.2, 0.25) is 0 Å². The standard InChI is InChI=1S/C17H21N3O3/c1-9-7-10(2)12(4)16(11(9)3)15(21)8-19-14(6)17(20(22)23)13(5)18-19/h7H,8H2,1-6H3. The summed E-state index contributed by atoms with van der Waals surface area (Å²) in [5, 5.41) is 15.2. The highest BCUT2D eigenvalue weighted by Crippen LogP contribution is 2.25. The van der Waals surface area contributed by atoms with Gasteiger partial charge in [-0.25, -0.2) is 0 Å². The van der Waals surface area contributed by atoms with E-state index < -0.39 is 4.92 Å². The van der Waals surface area contributed by atoms with Crippen molar-refractivity contribution in [3.8, 4) is 0 Å². The van der Waals surface area contributed by atoms with Crippen LogP contribution in [0, 0.1) is 51.7 Å². The molecular formula is C17H21N3O3. The molecule has 0 unspecified atom stereocenters. The third-order valence-corrected chi connectivity index (χ3v) is 4.46. The van der Waals surface area contributed by atoms with Crippen LogP contribution in [0.3, 0.4) is 0 Å².